The summed E-state index contributed by atoms with van der Waals surface area (Å²) in [6.07, 6.45) is 0. The fourth-order valence-electron chi connectivity index (χ4n) is 1.74. The molecule has 0 saturated heterocycles. The Morgan fingerprint density at radius 3 is 2.67 bits per heavy atom. The standard InChI is InChI=1S/C16H17ClN2OS/c1-11(21-10-12-5-7-13(17)8-6-12)16(20)19-15-4-2-3-14(18)9-15/h2-9,11H,10,18H2,1H3,(H,19,20). The molecule has 2 rings (SSSR count). The molecule has 0 heterocycles. The van der Waals surface area contributed by atoms with Crippen LogP contribution in [0.5, 0.6) is 0 Å². The first-order valence-corrected chi connectivity index (χ1v) is 8.00. The highest BCUT2D eigenvalue weighted by Crippen LogP contribution is 2.21. The van der Waals surface area contributed by atoms with Crippen molar-refractivity contribution in [3.05, 3.63) is 59.1 Å². The number of nitrogen functional groups attached to an aromatic ring is 1. The van der Waals surface area contributed by atoms with Crippen LogP contribution in [0.1, 0.15) is 12.5 Å². The highest BCUT2D eigenvalue weighted by molar-refractivity contribution is 7.99. The Morgan fingerprint density at radius 2 is 2.00 bits per heavy atom. The maximum Gasteiger partial charge on any atom is 0.237 e. The van der Waals surface area contributed by atoms with Crippen LogP contribution in [-0.2, 0) is 10.5 Å². The van der Waals surface area contributed by atoms with Gasteiger partial charge in [0.2, 0.25) is 5.91 Å². The van der Waals surface area contributed by atoms with Crippen LogP contribution in [-0.4, -0.2) is 11.2 Å². The Bertz CT molecular complexity index is 616. The molecule has 0 radical (unpaired) electrons. The van der Waals surface area contributed by atoms with Crippen molar-refractivity contribution in [1.29, 1.82) is 0 Å². The van der Waals surface area contributed by atoms with Crippen molar-refractivity contribution < 1.29 is 4.79 Å². The molecule has 1 unspecified atom stereocenters. The summed E-state index contributed by atoms with van der Waals surface area (Å²) in [6, 6.07) is 14.8. The molecule has 2 aromatic rings. The number of hydrogen-bond acceptors (Lipinski definition) is 3. The van der Waals surface area contributed by atoms with Crippen molar-refractivity contribution in [2.75, 3.05) is 11.1 Å². The first kappa shape index (κ1) is 15.7. The zero-order chi connectivity index (χ0) is 15.2. The minimum absolute atomic E-state index is 0.0282. The predicted molar refractivity (Wildman–Crippen MR) is 91.7 cm³/mol. The van der Waals surface area contributed by atoms with Crippen LogP contribution in [0.2, 0.25) is 5.02 Å². The number of thioether (sulfide) groups is 1. The van der Waals surface area contributed by atoms with E-state index in [0.29, 0.717) is 5.69 Å². The molecule has 0 spiro atoms. The van der Waals surface area contributed by atoms with E-state index in [-0.39, 0.29) is 11.2 Å². The molecule has 21 heavy (non-hydrogen) atoms. The Morgan fingerprint density at radius 1 is 1.29 bits per heavy atom. The summed E-state index contributed by atoms with van der Waals surface area (Å²) in [5.74, 6) is 0.738. The summed E-state index contributed by atoms with van der Waals surface area (Å²) in [5.41, 5.74) is 8.19. The van der Waals surface area contributed by atoms with Gasteiger partial charge in [-0.1, -0.05) is 29.8 Å². The Kier molecular flexibility index (Phi) is 5.53. The van der Waals surface area contributed by atoms with Crippen molar-refractivity contribution in [1.82, 2.24) is 0 Å². The van der Waals surface area contributed by atoms with E-state index >= 15 is 0 Å². The first-order chi connectivity index (χ1) is 10.0. The molecule has 0 aliphatic carbocycles. The van der Waals surface area contributed by atoms with Gasteiger partial charge in [0, 0.05) is 22.2 Å². The monoisotopic (exact) mass is 320 g/mol. The van der Waals surface area contributed by atoms with E-state index < -0.39 is 0 Å². The van der Waals surface area contributed by atoms with E-state index in [9.17, 15) is 4.79 Å². The quantitative estimate of drug-likeness (QED) is 0.812. The summed E-state index contributed by atoms with van der Waals surface area (Å²) in [6.45, 7) is 1.89. The third kappa shape index (κ3) is 4.99. The van der Waals surface area contributed by atoms with Crippen LogP contribution < -0.4 is 11.1 Å². The largest absolute Gasteiger partial charge is 0.399 e. The van der Waals surface area contributed by atoms with Gasteiger partial charge in [0.05, 0.1) is 5.25 Å². The number of carbonyl (C=O) groups is 1. The van der Waals surface area contributed by atoms with E-state index in [0.717, 1.165) is 22.0 Å². The van der Waals surface area contributed by atoms with Crippen LogP contribution in [0.25, 0.3) is 0 Å². The van der Waals surface area contributed by atoms with E-state index in [1.54, 1.807) is 23.9 Å². The summed E-state index contributed by atoms with van der Waals surface area (Å²) in [4.78, 5) is 12.1. The summed E-state index contributed by atoms with van der Waals surface area (Å²) in [5, 5.41) is 3.43. The van der Waals surface area contributed by atoms with Gasteiger partial charge in [-0.25, -0.2) is 0 Å². The van der Waals surface area contributed by atoms with Gasteiger partial charge in [0.15, 0.2) is 0 Å². The first-order valence-electron chi connectivity index (χ1n) is 6.57. The van der Waals surface area contributed by atoms with Crippen molar-refractivity contribution in [2.45, 2.75) is 17.9 Å². The summed E-state index contributed by atoms with van der Waals surface area (Å²) < 4.78 is 0. The number of benzene rings is 2. The molecular formula is C16H17ClN2OS. The molecule has 5 heteroatoms. The molecule has 0 aromatic heterocycles. The van der Waals surface area contributed by atoms with Crippen molar-refractivity contribution >= 4 is 40.6 Å². The number of hydrogen-bond donors (Lipinski definition) is 2. The molecule has 0 aliphatic heterocycles. The third-order valence-electron chi connectivity index (χ3n) is 2.94. The highest BCUT2D eigenvalue weighted by atomic mass is 35.5. The van der Waals surface area contributed by atoms with Gasteiger partial charge < -0.3 is 11.1 Å². The number of carbonyl (C=O) groups excluding carboxylic acids is 1. The third-order valence-corrected chi connectivity index (χ3v) is 4.40. The lowest BCUT2D eigenvalue weighted by Gasteiger charge is -2.12. The summed E-state index contributed by atoms with van der Waals surface area (Å²) in [7, 11) is 0. The molecule has 0 fully saturated rings. The molecule has 3 nitrogen and oxygen atoms in total. The van der Waals surface area contributed by atoms with Crippen LogP contribution in [0.15, 0.2) is 48.5 Å². The molecule has 0 saturated carbocycles. The van der Waals surface area contributed by atoms with E-state index in [1.165, 1.54) is 0 Å². The second-order valence-electron chi connectivity index (χ2n) is 4.69. The molecular weight excluding hydrogens is 304 g/mol. The second-order valence-corrected chi connectivity index (χ2v) is 6.46. The molecule has 3 N–H and O–H groups in total. The normalized spacial score (nSPS) is 11.9. The zero-order valence-electron chi connectivity index (χ0n) is 11.7. The highest BCUT2D eigenvalue weighted by Gasteiger charge is 2.13. The lowest BCUT2D eigenvalue weighted by molar-refractivity contribution is -0.115. The van der Waals surface area contributed by atoms with Crippen LogP contribution >= 0.6 is 23.4 Å². The number of anilines is 2. The van der Waals surface area contributed by atoms with Gasteiger partial charge in [-0.05, 0) is 42.8 Å². The number of rotatable bonds is 5. The second kappa shape index (κ2) is 7.38. The zero-order valence-corrected chi connectivity index (χ0v) is 13.2. The van der Waals surface area contributed by atoms with Gasteiger partial charge in [0.25, 0.3) is 0 Å². The van der Waals surface area contributed by atoms with Gasteiger partial charge in [-0.15, -0.1) is 11.8 Å². The maximum atomic E-state index is 12.1. The van der Waals surface area contributed by atoms with Gasteiger partial charge in [0.1, 0.15) is 0 Å². The Labute approximate surface area is 133 Å². The van der Waals surface area contributed by atoms with Crippen LogP contribution in [0.4, 0.5) is 11.4 Å². The Hall–Kier alpha value is -1.65. The van der Waals surface area contributed by atoms with Gasteiger partial charge in [-0.3, -0.25) is 4.79 Å². The van der Waals surface area contributed by atoms with Crippen molar-refractivity contribution in [3.63, 3.8) is 0 Å². The van der Waals surface area contributed by atoms with E-state index in [4.69, 9.17) is 17.3 Å². The lowest BCUT2D eigenvalue weighted by atomic mass is 10.2. The fraction of sp³-hybridized carbons (Fsp3) is 0.188. The number of amides is 1. The molecule has 1 atom stereocenters. The lowest BCUT2D eigenvalue weighted by Crippen LogP contribution is -2.22. The molecule has 0 bridgehead atoms. The van der Waals surface area contributed by atoms with Gasteiger partial charge >= 0.3 is 0 Å². The maximum absolute atomic E-state index is 12.1. The smallest absolute Gasteiger partial charge is 0.237 e. The average molecular weight is 321 g/mol. The number of nitrogens with one attached hydrogen (secondary N) is 1. The fourth-order valence-corrected chi connectivity index (χ4v) is 2.71. The van der Waals surface area contributed by atoms with Crippen molar-refractivity contribution in [3.8, 4) is 0 Å². The number of halogens is 1. The average Bonchev–Trinajstić information content (AvgIpc) is 2.46. The van der Waals surface area contributed by atoms with Gasteiger partial charge in [-0.2, -0.15) is 0 Å². The predicted octanol–water partition coefficient (Wildman–Crippen LogP) is 4.18. The molecule has 110 valence electrons. The van der Waals surface area contributed by atoms with Crippen LogP contribution in [0, 0.1) is 0 Å². The Balaban J connectivity index is 1.86. The van der Waals surface area contributed by atoms with E-state index in [2.05, 4.69) is 5.32 Å². The van der Waals surface area contributed by atoms with Crippen molar-refractivity contribution in [2.24, 2.45) is 0 Å². The molecule has 2 aromatic carbocycles. The minimum Gasteiger partial charge on any atom is -0.399 e. The van der Waals surface area contributed by atoms with Crippen LogP contribution in [0.3, 0.4) is 0 Å². The molecule has 1 amide bonds. The minimum atomic E-state index is -0.151. The number of nitrogens with two attached hydrogens (primary N) is 1. The SMILES string of the molecule is CC(SCc1ccc(Cl)cc1)C(=O)Nc1cccc(N)c1. The molecule has 0 aliphatic rings. The topological polar surface area (TPSA) is 55.1 Å². The summed E-state index contributed by atoms with van der Waals surface area (Å²) >= 11 is 7.43. The van der Waals surface area contributed by atoms with E-state index in [1.807, 2.05) is 43.3 Å².